The van der Waals surface area contributed by atoms with Gasteiger partial charge in [-0.2, -0.15) is 0 Å². The molecule has 4 nitrogen and oxygen atoms in total. The monoisotopic (exact) mass is 219 g/mol. The summed E-state index contributed by atoms with van der Waals surface area (Å²) in [5.74, 6) is -0.0219. The van der Waals surface area contributed by atoms with E-state index in [-0.39, 0.29) is 12.2 Å². The second kappa shape index (κ2) is 4.27. The van der Waals surface area contributed by atoms with Crippen LogP contribution in [0.2, 0.25) is 0 Å². The smallest absolute Gasteiger partial charge is 0.187 e. The average Bonchev–Trinajstić information content (AvgIpc) is 2.70. The maximum Gasteiger partial charge on any atom is 0.187 e. The molecule has 0 saturated carbocycles. The Labute approximate surface area is 91.2 Å². The number of nitrogens with zero attached hydrogens (tertiary/aromatic N) is 3. The summed E-state index contributed by atoms with van der Waals surface area (Å²) in [7, 11) is 0. The Hall–Kier alpha value is -1.62. The summed E-state index contributed by atoms with van der Waals surface area (Å²) in [5.41, 5.74) is 2.22. The number of carbonyl (C=O) groups is 1. The molecule has 0 N–H and O–H groups in total. The summed E-state index contributed by atoms with van der Waals surface area (Å²) < 4.78 is 3.71. The molecule has 0 aliphatic carbocycles. The molecular weight excluding hydrogens is 210 g/mol. The summed E-state index contributed by atoms with van der Waals surface area (Å²) in [6.07, 6.45) is 1.91. The first kappa shape index (κ1) is 9.92. The van der Waals surface area contributed by atoms with Gasteiger partial charge in [0.2, 0.25) is 0 Å². The van der Waals surface area contributed by atoms with Gasteiger partial charge in [-0.05, 0) is 36.2 Å². The van der Waals surface area contributed by atoms with Crippen molar-refractivity contribution in [1.82, 2.24) is 14.6 Å². The first-order valence-electron chi connectivity index (χ1n) is 4.47. The molecule has 0 bridgehead atoms. The minimum Gasteiger partial charge on any atom is -0.292 e. The van der Waals surface area contributed by atoms with Crippen LogP contribution in [0, 0.1) is 6.92 Å². The molecule has 0 saturated heterocycles. The van der Waals surface area contributed by atoms with Gasteiger partial charge in [0, 0.05) is 11.6 Å². The van der Waals surface area contributed by atoms with E-state index in [1.807, 2.05) is 13.0 Å². The average molecular weight is 219 g/mol. The van der Waals surface area contributed by atoms with Crippen molar-refractivity contribution in [3.05, 3.63) is 40.7 Å². The summed E-state index contributed by atoms with van der Waals surface area (Å²) in [6.45, 7) is 1.93. The first-order valence-corrected chi connectivity index (χ1v) is 5.31. The van der Waals surface area contributed by atoms with Gasteiger partial charge in [0.1, 0.15) is 5.69 Å². The lowest BCUT2D eigenvalue weighted by molar-refractivity contribution is 0.0987. The molecule has 2 heterocycles. The zero-order valence-electron chi connectivity index (χ0n) is 8.17. The fourth-order valence-corrected chi connectivity index (χ4v) is 1.66. The standard InChI is InChI=1S/C10H9N3OS/c1-7-2-3-11-9(4-7)10(14)5-8-6-15-13-12-8/h2-4,6H,5H2,1H3. The van der Waals surface area contributed by atoms with E-state index in [1.54, 1.807) is 17.6 Å². The molecule has 15 heavy (non-hydrogen) atoms. The van der Waals surface area contributed by atoms with Crippen LogP contribution in [0.5, 0.6) is 0 Å². The molecule has 2 aromatic heterocycles. The number of aryl methyl sites for hydroxylation is 1. The van der Waals surface area contributed by atoms with Crippen LogP contribution in [0.15, 0.2) is 23.7 Å². The Kier molecular flexibility index (Phi) is 2.82. The molecule has 0 unspecified atom stereocenters. The zero-order valence-corrected chi connectivity index (χ0v) is 8.99. The molecule has 2 rings (SSSR count). The van der Waals surface area contributed by atoms with Crippen LogP contribution in [0.3, 0.4) is 0 Å². The maximum atomic E-state index is 11.7. The van der Waals surface area contributed by atoms with E-state index >= 15 is 0 Å². The number of hydrogen-bond donors (Lipinski definition) is 0. The van der Waals surface area contributed by atoms with Gasteiger partial charge in [0.25, 0.3) is 0 Å². The van der Waals surface area contributed by atoms with Crippen LogP contribution >= 0.6 is 11.5 Å². The minimum absolute atomic E-state index is 0.0219. The summed E-state index contributed by atoms with van der Waals surface area (Å²) in [5, 5.41) is 5.60. The van der Waals surface area contributed by atoms with Crippen LogP contribution in [0.4, 0.5) is 0 Å². The van der Waals surface area contributed by atoms with E-state index in [1.165, 1.54) is 11.5 Å². The minimum atomic E-state index is -0.0219. The Bertz CT molecular complexity index is 467. The number of rotatable bonds is 3. The molecular formula is C10H9N3OS. The molecule has 0 aliphatic heterocycles. The van der Waals surface area contributed by atoms with Crippen molar-refractivity contribution in [2.45, 2.75) is 13.3 Å². The van der Waals surface area contributed by atoms with Crippen molar-refractivity contribution in [1.29, 1.82) is 0 Å². The van der Waals surface area contributed by atoms with Crippen LogP contribution in [-0.2, 0) is 6.42 Å². The number of carbonyl (C=O) groups excluding carboxylic acids is 1. The first-order chi connectivity index (χ1) is 7.25. The van der Waals surface area contributed by atoms with E-state index in [9.17, 15) is 4.79 Å². The number of hydrogen-bond acceptors (Lipinski definition) is 5. The van der Waals surface area contributed by atoms with Gasteiger partial charge < -0.3 is 0 Å². The van der Waals surface area contributed by atoms with Gasteiger partial charge in [-0.1, -0.05) is 4.49 Å². The zero-order chi connectivity index (χ0) is 10.7. The Balaban J connectivity index is 2.15. The number of aromatic nitrogens is 3. The second-order valence-corrected chi connectivity index (χ2v) is 3.82. The fourth-order valence-electron chi connectivity index (χ4n) is 1.20. The third kappa shape index (κ3) is 2.44. The van der Waals surface area contributed by atoms with Crippen molar-refractivity contribution < 1.29 is 4.79 Å². The Morgan fingerprint density at radius 1 is 1.53 bits per heavy atom. The molecule has 0 aliphatic rings. The molecule has 0 spiro atoms. The van der Waals surface area contributed by atoms with Gasteiger partial charge in [-0.15, -0.1) is 5.10 Å². The number of Topliss-reactive ketones (excluding diaryl/α,β-unsaturated/α-hetero) is 1. The predicted molar refractivity (Wildman–Crippen MR) is 56.9 cm³/mol. The lowest BCUT2D eigenvalue weighted by atomic mass is 10.1. The topological polar surface area (TPSA) is 55.7 Å². The molecule has 76 valence electrons. The normalized spacial score (nSPS) is 10.2. The van der Waals surface area contributed by atoms with E-state index in [0.717, 1.165) is 5.56 Å². The Morgan fingerprint density at radius 2 is 2.40 bits per heavy atom. The SMILES string of the molecule is Cc1ccnc(C(=O)Cc2csnn2)c1. The van der Waals surface area contributed by atoms with E-state index in [2.05, 4.69) is 14.6 Å². The lowest BCUT2D eigenvalue weighted by Gasteiger charge is -1.98. The lowest BCUT2D eigenvalue weighted by Crippen LogP contribution is -2.06. The maximum absolute atomic E-state index is 11.7. The van der Waals surface area contributed by atoms with E-state index in [0.29, 0.717) is 11.4 Å². The van der Waals surface area contributed by atoms with E-state index < -0.39 is 0 Å². The largest absolute Gasteiger partial charge is 0.292 e. The fraction of sp³-hybridized carbons (Fsp3) is 0.200. The quantitative estimate of drug-likeness (QED) is 0.737. The van der Waals surface area contributed by atoms with Crippen molar-refractivity contribution in [3.63, 3.8) is 0 Å². The molecule has 0 fully saturated rings. The van der Waals surface area contributed by atoms with Gasteiger partial charge in [0.15, 0.2) is 5.78 Å². The van der Waals surface area contributed by atoms with Crippen LogP contribution in [0.1, 0.15) is 21.7 Å². The van der Waals surface area contributed by atoms with Crippen molar-refractivity contribution in [2.75, 3.05) is 0 Å². The van der Waals surface area contributed by atoms with Crippen molar-refractivity contribution in [3.8, 4) is 0 Å². The van der Waals surface area contributed by atoms with E-state index in [4.69, 9.17) is 0 Å². The predicted octanol–water partition coefficient (Wildman–Crippen LogP) is 1.67. The molecule has 0 radical (unpaired) electrons. The second-order valence-electron chi connectivity index (χ2n) is 3.21. The highest BCUT2D eigenvalue weighted by molar-refractivity contribution is 7.03. The molecule has 0 amide bonds. The highest BCUT2D eigenvalue weighted by atomic mass is 32.1. The third-order valence-corrected chi connectivity index (χ3v) is 2.50. The number of pyridine rings is 1. The van der Waals surface area contributed by atoms with Gasteiger partial charge in [-0.25, -0.2) is 0 Å². The van der Waals surface area contributed by atoms with Crippen LogP contribution < -0.4 is 0 Å². The highest BCUT2D eigenvalue weighted by Gasteiger charge is 2.10. The van der Waals surface area contributed by atoms with Gasteiger partial charge in [-0.3, -0.25) is 9.78 Å². The summed E-state index contributed by atoms with van der Waals surface area (Å²) in [6, 6.07) is 3.64. The molecule has 5 heteroatoms. The van der Waals surface area contributed by atoms with Crippen LogP contribution in [0.25, 0.3) is 0 Å². The Morgan fingerprint density at radius 3 is 3.07 bits per heavy atom. The molecule has 0 aromatic carbocycles. The molecule has 0 atom stereocenters. The highest BCUT2D eigenvalue weighted by Crippen LogP contribution is 2.06. The summed E-state index contributed by atoms with van der Waals surface area (Å²) in [4.78, 5) is 15.8. The molecule has 2 aromatic rings. The number of ketones is 1. The van der Waals surface area contributed by atoms with Crippen LogP contribution in [-0.4, -0.2) is 20.4 Å². The summed E-state index contributed by atoms with van der Waals surface area (Å²) >= 11 is 1.25. The third-order valence-electron chi connectivity index (χ3n) is 1.95. The van der Waals surface area contributed by atoms with Crippen molar-refractivity contribution >= 4 is 17.3 Å². The van der Waals surface area contributed by atoms with Gasteiger partial charge in [0.05, 0.1) is 12.1 Å². The van der Waals surface area contributed by atoms with Gasteiger partial charge >= 0.3 is 0 Å². The van der Waals surface area contributed by atoms with Crippen molar-refractivity contribution in [2.24, 2.45) is 0 Å².